The van der Waals surface area contributed by atoms with E-state index < -0.39 is 0 Å². The Labute approximate surface area is 172 Å². The van der Waals surface area contributed by atoms with E-state index in [9.17, 15) is 4.79 Å². The molecule has 158 valence electrons. The van der Waals surface area contributed by atoms with Crippen molar-refractivity contribution in [2.24, 2.45) is 5.92 Å². The number of hydrogen-bond donors (Lipinski definition) is 1. The zero-order valence-corrected chi connectivity index (χ0v) is 17.7. The van der Waals surface area contributed by atoms with E-state index >= 15 is 0 Å². The Kier molecular flexibility index (Phi) is 6.28. The van der Waals surface area contributed by atoms with Gasteiger partial charge in [-0.25, -0.2) is 0 Å². The molecule has 4 rings (SSSR count). The normalized spacial score (nSPS) is 19.2. The Morgan fingerprint density at radius 1 is 1.14 bits per heavy atom. The van der Waals surface area contributed by atoms with Crippen LogP contribution in [0.1, 0.15) is 50.8 Å². The lowest BCUT2D eigenvalue weighted by molar-refractivity contribution is -0.125. The average molecular weight is 400 g/mol. The van der Waals surface area contributed by atoms with Crippen molar-refractivity contribution in [2.45, 2.75) is 57.9 Å². The van der Waals surface area contributed by atoms with Crippen molar-refractivity contribution in [3.8, 4) is 0 Å². The number of carbonyl (C=O) groups is 1. The molecule has 29 heavy (non-hydrogen) atoms. The zero-order chi connectivity index (χ0) is 20.2. The topological polar surface area (TPSA) is 78.7 Å². The smallest absolute Gasteiger partial charge is 0.223 e. The van der Waals surface area contributed by atoms with E-state index in [2.05, 4.69) is 37.5 Å². The highest BCUT2D eigenvalue weighted by Crippen LogP contribution is 2.23. The second-order valence-corrected chi connectivity index (χ2v) is 8.53. The second kappa shape index (κ2) is 9.07. The Hall–Kier alpha value is -2.22. The highest BCUT2D eigenvalue weighted by atomic mass is 16.1. The summed E-state index contributed by atoms with van der Waals surface area (Å²) in [6.07, 6.45) is 8.41. The molecule has 1 amide bonds. The van der Waals surface area contributed by atoms with Crippen molar-refractivity contribution in [2.75, 3.05) is 38.1 Å². The van der Waals surface area contributed by atoms with Gasteiger partial charge >= 0.3 is 0 Å². The summed E-state index contributed by atoms with van der Waals surface area (Å²) in [7, 11) is 2.20. The van der Waals surface area contributed by atoms with Crippen LogP contribution in [0, 0.1) is 12.8 Å². The predicted octanol–water partition coefficient (Wildman–Crippen LogP) is 2.03. The SMILES string of the molecule is Cc1nnc2ccc(N3CCC(C(=O)NCCN(C)C4CCCCC4)CC3)nn12. The second-order valence-electron chi connectivity index (χ2n) is 8.53. The van der Waals surface area contributed by atoms with Crippen molar-refractivity contribution in [3.05, 3.63) is 18.0 Å². The third-order valence-corrected chi connectivity index (χ3v) is 6.56. The van der Waals surface area contributed by atoms with Gasteiger partial charge in [0, 0.05) is 38.1 Å². The van der Waals surface area contributed by atoms with E-state index in [1.54, 1.807) is 4.52 Å². The standard InChI is InChI=1S/C21H33N7O/c1-16-23-24-19-8-9-20(25-28(16)19)27-13-10-17(11-14-27)21(29)22-12-15-26(2)18-6-4-3-5-7-18/h8-9,17-18H,3-7,10-15H2,1-2H3,(H,22,29). The highest BCUT2D eigenvalue weighted by molar-refractivity contribution is 5.79. The molecule has 1 N–H and O–H groups in total. The molecule has 8 heteroatoms. The van der Waals surface area contributed by atoms with E-state index in [1.165, 1.54) is 32.1 Å². The van der Waals surface area contributed by atoms with Crippen molar-refractivity contribution in [3.63, 3.8) is 0 Å². The monoisotopic (exact) mass is 399 g/mol. The molecule has 1 saturated carbocycles. The molecule has 3 heterocycles. The van der Waals surface area contributed by atoms with Crippen LogP contribution in [-0.4, -0.2) is 69.9 Å². The van der Waals surface area contributed by atoms with Crippen molar-refractivity contribution >= 4 is 17.4 Å². The Balaban J connectivity index is 1.22. The molecular formula is C21H33N7O. The number of likely N-dealkylation sites (N-methyl/N-ethyl adjacent to an activating group) is 1. The maximum absolute atomic E-state index is 12.6. The first kappa shape index (κ1) is 20.1. The van der Waals surface area contributed by atoms with Crippen LogP contribution in [0.15, 0.2) is 12.1 Å². The summed E-state index contributed by atoms with van der Waals surface area (Å²) in [6, 6.07) is 4.64. The summed E-state index contributed by atoms with van der Waals surface area (Å²) in [4.78, 5) is 17.3. The number of anilines is 1. The van der Waals surface area contributed by atoms with Crippen LogP contribution in [0.5, 0.6) is 0 Å². The third-order valence-electron chi connectivity index (χ3n) is 6.56. The largest absolute Gasteiger partial charge is 0.355 e. The summed E-state index contributed by atoms with van der Waals surface area (Å²) >= 11 is 0. The van der Waals surface area contributed by atoms with Crippen LogP contribution in [0.2, 0.25) is 0 Å². The van der Waals surface area contributed by atoms with Crippen molar-refractivity contribution in [1.29, 1.82) is 0 Å². The van der Waals surface area contributed by atoms with Gasteiger partial charge in [0.1, 0.15) is 5.82 Å². The van der Waals surface area contributed by atoms with Gasteiger partial charge in [-0.1, -0.05) is 19.3 Å². The summed E-state index contributed by atoms with van der Waals surface area (Å²) in [5, 5.41) is 16.0. The number of fused-ring (bicyclic) bond motifs is 1. The van der Waals surface area contributed by atoms with Gasteiger partial charge in [-0.05, 0) is 51.8 Å². The van der Waals surface area contributed by atoms with Crippen LogP contribution in [0.25, 0.3) is 5.65 Å². The molecule has 2 fully saturated rings. The Morgan fingerprint density at radius 3 is 2.66 bits per heavy atom. The van der Waals surface area contributed by atoms with Crippen LogP contribution in [-0.2, 0) is 4.79 Å². The quantitative estimate of drug-likeness (QED) is 0.801. The van der Waals surface area contributed by atoms with Gasteiger partial charge in [-0.2, -0.15) is 4.52 Å². The fourth-order valence-corrected chi connectivity index (χ4v) is 4.63. The molecule has 0 aromatic carbocycles. The van der Waals surface area contributed by atoms with Gasteiger partial charge in [0.05, 0.1) is 0 Å². The summed E-state index contributed by atoms with van der Waals surface area (Å²) in [5.74, 6) is 2.02. The number of nitrogens with one attached hydrogen (secondary N) is 1. The first-order chi connectivity index (χ1) is 14.1. The minimum absolute atomic E-state index is 0.103. The summed E-state index contributed by atoms with van der Waals surface area (Å²) in [5.41, 5.74) is 0.763. The molecule has 2 aliphatic rings. The maximum Gasteiger partial charge on any atom is 0.223 e. The minimum Gasteiger partial charge on any atom is -0.355 e. The van der Waals surface area contributed by atoms with E-state index in [0.29, 0.717) is 6.04 Å². The molecule has 2 aromatic rings. The fraction of sp³-hybridized carbons (Fsp3) is 0.714. The van der Waals surface area contributed by atoms with E-state index in [-0.39, 0.29) is 11.8 Å². The number of amides is 1. The van der Waals surface area contributed by atoms with E-state index in [1.807, 2.05) is 19.1 Å². The Bertz CT molecular complexity index is 822. The molecule has 0 atom stereocenters. The molecule has 0 radical (unpaired) electrons. The minimum atomic E-state index is 0.103. The molecule has 1 saturated heterocycles. The maximum atomic E-state index is 12.6. The first-order valence-electron chi connectivity index (χ1n) is 11.0. The number of nitrogens with zero attached hydrogens (tertiary/aromatic N) is 6. The van der Waals surface area contributed by atoms with E-state index in [0.717, 1.165) is 56.3 Å². The molecule has 0 spiro atoms. The zero-order valence-electron chi connectivity index (χ0n) is 17.7. The Morgan fingerprint density at radius 2 is 1.90 bits per heavy atom. The van der Waals surface area contributed by atoms with Crippen LogP contribution in [0.3, 0.4) is 0 Å². The molecular weight excluding hydrogens is 366 g/mol. The molecule has 2 aromatic heterocycles. The fourth-order valence-electron chi connectivity index (χ4n) is 4.63. The van der Waals surface area contributed by atoms with Gasteiger partial charge in [0.2, 0.25) is 5.91 Å². The van der Waals surface area contributed by atoms with Gasteiger partial charge in [0.15, 0.2) is 11.5 Å². The van der Waals surface area contributed by atoms with E-state index in [4.69, 9.17) is 0 Å². The summed E-state index contributed by atoms with van der Waals surface area (Å²) in [6.45, 7) is 5.28. The highest BCUT2D eigenvalue weighted by Gasteiger charge is 2.26. The lowest BCUT2D eigenvalue weighted by atomic mass is 9.94. The number of hydrogen-bond acceptors (Lipinski definition) is 6. The summed E-state index contributed by atoms with van der Waals surface area (Å²) < 4.78 is 1.77. The number of aromatic nitrogens is 4. The number of aryl methyl sites for hydroxylation is 1. The molecule has 0 bridgehead atoms. The van der Waals surface area contributed by atoms with Gasteiger partial charge in [-0.3, -0.25) is 4.79 Å². The van der Waals surface area contributed by atoms with Crippen LogP contribution in [0.4, 0.5) is 5.82 Å². The van der Waals surface area contributed by atoms with Gasteiger partial charge in [-0.15, -0.1) is 15.3 Å². The predicted molar refractivity (Wildman–Crippen MR) is 113 cm³/mol. The van der Waals surface area contributed by atoms with Crippen molar-refractivity contribution in [1.82, 2.24) is 30.0 Å². The lowest BCUT2D eigenvalue weighted by Crippen LogP contribution is -2.44. The molecule has 0 unspecified atom stereocenters. The number of carbonyl (C=O) groups excluding carboxylic acids is 1. The van der Waals surface area contributed by atoms with Crippen LogP contribution >= 0.6 is 0 Å². The number of rotatable bonds is 6. The first-order valence-corrected chi connectivity index (χ1v) is 11.0. The lowest BCUT2D eigenvalue weighted by Gasteiger charge is -2.33. The molecule has 1 aliphatic heterocycles. The van der Waals surface area contributed by atoms with Gasteiger partial charge < -0.3 is 15.1 Å². The number of piperidine rings is 1. The third kappa shape index (κ3) is 4.69. The average Bonchev–Trinajstić information content (AvgIpc) is 3.14. The van der Waals surface area contributed by atoms with Crippen molar-refractivity contribution < 1.29 is 4.79 Å². The molecule has 1 aliphatic carbocycles. The van der Waals surface area contributed by atoms with Gasteiger partial charge in [0.25, 0.3) is 0 Å². The van der Waals surface area contributed by atoms with Crippen LogP contribution < -0.4 is 10.2 Å². The molecule has 8 nitrogen and oxygen atoms in total.